The Bertz CT molecular complexity index is 693. The topological polar surface area (TPSA) is 84.0 Å². The van der Waals surface area contributed by atoms with Crippen molar-refractivity contribution in [1.82, 2.24) is 10.2 Å². The van der Waals surface area contributed by atoms with Gasteiger partial charge in [-0.25, -0.2) is 4.39 Å². The summed E-state index contributed by atoms with van der Waals surface area (Å²) >= 11 is 2.37. The first-order chi connectivity index (χ1) is 11.1. The number of halogens is 1. The predicted octanol–water partition coefficient (Wildman–Crippen LogP) is 3.15. The van der Waals surface area contributed by atoms with Gasteiger partial charge in [0, 0.05) is 6.42 Å². The Hall–Kier alpha value is -2.00. The van der Waals surface area contributed by atoms with Crippen LogP contribution in [0.5, 0.6) is 0 Å². The number of nitrogens with zero attached hydrogens (tertiary/aromatic N) is 2. The van der Waals surface area contributed by atoms with E-state index in [1.54, 1.807) is 12.1 Å². The van der Waals surface area contributed by atoms with E-state index in [0.717, 1.165) is 6.42 Å². The number of thioether (sulfide) groups is 1. The summed E-state index contributed by atoms with van der Waals surface area (Å²) in [7, 11) is 0. The molecule has 0 saturated carbocycles. The molecular formula is C14H15FN4O2S2. The van der Waals surface area contributed by atoms with Crippen molar-refractivity contribution in [2.24, 2.45) is 0 Å². The quantitative estimate of drug-likeness (QED) is 0.589. The fourth-order valence-electron chi connectivity index (χ4n) is 1.60. The molecule has 1 aromatic carbocycles. The third-order valence-corrected chi connectivity index (χ3v) is 4.58. The summed E-state index contributed by atoms with van der Waals surface area (Å²) < 4.78 is 14.0. The zero-order valence-corrected chi connectivity index (χ0v) is 14.0. The molecule has 0 aliphatic rings. The van der Waals surface area contributed by atoms with Gasteiger partial charge in [-0.1, -0.05) is 42.2 Å². The molecule has 6 nitrogen and oxygen atoms in total. The number of carbonyl (C=O) groups is 2. The van der Waals surface area contributed by atoms with Crippen molar-refractivity contribution in [3.05, 3.63) is 30.1 Å². The van der Waals surface area contributed by atoms with E-state index in [0.29, 0.717) is 15.9 Å². The Morgan fingerprint density at radius 2 is 2.00 bits per heavy atom. The van der Waals surface area contributed by atoms with Crippen LogP contribution in [0.1, 0.15) is 19.8 Å². The Labute approximate surface area is 140 Å². The van der Waals surface area contributed by atoms with Crippen LogP contribution in [-0.4, -0.2) is 27.8 Å². The third kappa shape index (κ3) is 5.61. The first-order valence-electron chi connectivity index (χ1n) is 6.89. The molecule has 0 radical (unpaired) electrons. The molecule has 0 aliphatic heterocycles. The molecule has 0 spiro atoms. The molecule has 2 aromatic rings. The van der Waals surface area contributed by atoms with E-state index in [1.807, 2.05) is 6.92 Å². The molecule has 0 unspecified atom stereocenters. The second-order valence-electron chi connectivity index (χ2n) is 4.49. The number of rotatable bonds is 7. The van der Waals surface area contributed by atoms with Gasteiger partial charge < -0.3 is 10.6 Å². The van der Waals surface area contributed by atoms with Crippen molar-refractivity contribution in [3.63, 3.8) is 0 Å². The van der Waals surface area contributed by atoms with Crippen LogP contribution >= 0.6 is 23.1 Å². The van der Waals surface area contributed by atoms with Crippen molar-refractivity contribution in [2.75, 3.05) is 16.4 Å². The average Bonchev–Trinajstić information content (AvgIpc) is 2.95. The minimum absolute atomic E-state index is 0.0753. The van der Waals surface area contributed by atoms with Gasteiger partial charge in [0.1, 0.15) is 5.82 Å². The van der Waals surface area contributed by atoms with Gasteiger partial charge in [-0.05, 0) is 18.6 Å². The summed E-state index contributed by atoms with van der Waals surface area (Å²) in [6, 6.07) is 5.96. The standard InChI is InChI=1S/C14H15FN4O2S2/c1-2-5-11(20)17-13-18-19-14(23-13)22-8-12(21)16-10-7-4-3-6-9(10)15/h3-4,6-7H,2,5,8H2,1H3,(H,16,21)(H,17,18,20). The molecule has 1 heterocycles. The van der Waals surface area contributed by atoms with E-state index in [9.17, 15) is 14.0 Å². The number of benzene rings is 1. The number of hydrogen-bond acceptors (Lipinski definition) is 6. The average molecular weight is 354 g/mol. The van der Waals surface area contributed by atoms with Crippen LogP contribution in [0.3, 0.4) is 0 Å². The number of aromatic nitrogens is 2. The van der Waals surface area contributed by atoms with Gasteiger partial charge >= 0.3 is 0 Å². The highest BCUT2D eigenvalue weighted by Crippen LogP contribution is 2.25. The Balaban J connectivity index is 1.82. The molecule has 0 bridgehead atoms. The van der Waals surface area contributed by atoms with Gasteiger partial charge in [0.25, 0.3) is 0 Å². The maximum absolute atomic E-state index is 13.4. The van der Waals surface area contributed by atoms with Crippen molar-refractivity contribution >= 4 is 45.7 Å². The van der Waals surface area contributed by atoms with E-state index >= 15 is 0 Å². The molecule has 1 aromatic heterocycles. The summed E-state index contributed by atoms with van der Waals surface area (Å²) in [5.74, 6) is -0.863. The number of para-hydroxylation sites is 1. The predicted molar refractivity (Wildman–Crippen MR) is 89.2 cm³/mol. The summed E-state index contributed by atoms with van der Waals surface area (Å²) in [6.45, 7) is 1.91. The van der Waals surface area contributed by atoms with Gasteiger partial charge in [-0.3, -0.25) is 9.59 Å². The van der Waals surface area contributed by atoms with Crippen LogP contribution in [0.2, 0.25) is 0 Å². The van der Waals surface area contributed by atoms with E-state index in [-0.39, 0.29) is 23.3 Å². The monoisotopic (exact) mass is 354 g/mol. The molecule has 9 heteroatoms. The van der Waals surface area contributed by atoms with Crippen LogP contribution in [0, 0.1) is 5.82 Å². The molecule has 2 amide bonds. The number of carbonyl (C=O) groups excluding carboxylic acids is 2. The van der Waals surface area contributed by atoms with Crippen LogP contribution in [0.25, 0.3) is 0 Å². The van der Waals surface area contributed by atoms with Gasteiger partial charge in [0.05, 0.1) is 11.4 Å². The maximum Gasteiger partial charge on any atom is 0.234 e. The molecule has 2 rings (SSSR count). The highest BCUT2D eigenvalue weighted by atomic mass is 32.2. The largest absolute Gasteiger partial charge is 0.323 e. The smallest absolute Gasteiger partial charge is 0.234 e. The third-order valence-electron chi connectivity index (χ3n) is 2.60. The summed E-state index contributed by atoms with van der Waals surface area (Å²) in [5, 5.41) is 13.3. The van der Waals surface area contributed by atoms with Gasteiger partial charge in [0.2, 0.25) is 16.9 Å². The molecule has 0 saturated heterocycles. The lowest BCUT2D eigenvalue weighted by molar-refractivity contribution is -0.116. The molecule has 0 atom stereocenters. The summed E-state index contributed by atoms with van der Waals surface area (Å²) in [4.78, 5) is 23.2. The van der Waals surface area contributed by atoms with Crippen molar-refractivity contribution in [2.45, 2.75) is 24.1 Å². The van der Waals surface area contributed by atoms with Crippen LogP contribution < -0.4 is 10.6 Å². The highest BCUT2D eigenvalue weighted by molar-refractivity contribution is 8.01. The lowest BCUT2D eigenvalue weighted by Crippen LogP contribution is -2.14. The first kappa shape index (κ1) is 17.4. The second kappa shape index (κ2) is 8.59. The Kier molecular flexibility index (Phi) is 6.48. The maximum atomic E-state index is 13.4. The summed E-state index contributed by atoms with van der Waals surface area (Å²) in [5.41, 5.74) is 0.142. The van der Waals surface area contributed by atoms with Crippen molar-refractivity contribution in [3.8, 4) is 0 Å². The van der Waals surface area contributed by atoms with Gasteiger partial charge in [-0.15, -0.1) is 10.2 Å². The molecule has 0 aliphatic carbocycles. The van der Waals surface area contributed by atoms with Crippen LogP contribution in [-0.2, 0) is 9.59 Å². The second-order valence-corrected chi connectivity index (χ2v) is 6.69. The van der Waals surface area contributed by atoms with E-state index in [2.05, 4.69) is 20.8 Å². The first-order valence-corrected chi connectivity index (χ1v) is 8.69. The van der Waals surface area contributed by atoms with Crippen LogP contribution in [0.15, 0.2) is 28.6 Å². The highest BCUT2D eigenvalue weighted by Gasteiger charge is 2.11. The Morgan fingerprint density at radius 1 is 1.22 bits per heavy atom. The number of hydrogen-bond donors (Lipinski definition) is 2. The zero-order valence-electron chi connectivity index (χ0n) is 12.3. The normalized spacial score (nSPS) is 10.3. The van der Waals surface area contributed by atoms with Gasteiger partial charge in [0.15, 0.2) is 4.34 Å². The number of anilines is 2. The summed E-state index contributed by atoms with van der Waals surface area (Å²) in [6.07, 6.45) is 1.18. The van der Waals surface area contributed by atoms with E-state index in [4.69, 9.17) is 0 Å². The van der Waals surface area contributed by atoms with Crippen molar-refractivity contribution in [1.29, 1.82) is 0 Å². The van der Waals surface area contributed by atoms with Gasteiger partial charge in [-0.2, -0.15) is 0 Å². The lowest BCUT2D eigenvalue weighted by atomic mass is 10.3. The van der Waals surface area contributed by atoms with E-state index < -0.39 is 5.82 Å². The molecule has 122 valence electrons. The zero-order chi connectivity index (χ0) is 16.7. The molecule has 2 N–H and O–H groups in total. The fourth-order valence-corrected chi connectivity index (χ4v) is 3.17. The number of amides is 2. The SMILES string of the molecule is CCCC(=O)Nc1nnc(SCC(=O)Nc2ccccc2F)s1. The minimum Gasteiger partial charge on any atom is -0.323 e. The number of nitrogens with one attached hydrogen (secondary N) is 2. The minimum atomic E-state index is -0.484. The van der Waals surface area contributed by atoms with Crippen molar-refractivity contribution < 1.29 is 14.0 Å². The fraction of sp³-hybridized carbons (Fsp3) is 0.286. The Morgan fingerprint density at radius 3 is 2.74 bits per heavy atom. The molecular weight excluding hydrogens is 339 g/mol. The van der Waals surface area contributed by atoms with Crippen LogP contribution in [0.4, 0.5) is 15.2 Å². The molecule has 0 fully saturated rings. The lowest BCUT2D eigenvalue weighted by Gasteiger charge is -2.04. The van der Waals surface area contributed by atoms with E-state index in [1.165, 1.54) is 35.2 Å². The molecule has 23 heavy (non-hydrogen) atoms.